The number of benzene rings is 2. The van der Waals surface area contributed by atoms with Gasteiger partial charge in [0.15, 0.2) is 0 Å². The van der Waals surface area contributed by atoms with E-state index < -0.39 is 10.0 Å². The van der Waals surface area contributed by atoms with E-state index in [1.807, 2.05) is 30.3 Å². The van der Waals surface area contributed by atoms with E-state index in [0.29, 0.717) is 16.1 Å². The molecular weight excluding hydrogens is 428 g/mol. The fourth-order valence-electron chi connectivity index (χ4n) is 2.84. The van der Waals surface area contributed by atoms with E-state index in [0.717, 1.165) is 22.5 Å². The average molecular weight is 453 g/mol. The van der Waals surface area contributed by atoms with Crippen LogP contribution in [0.5, 0.6) is 0 Å². The standard InChI is InChI=1S/C20H25BrN2O3S/c1-15(2)13-18(16-9-5-4-6-10-16)22-20(24)14-23(27(3,25)26)19-12-8-7-11-17(19)21/h4-12,15,18H,13-14H2,1-3H3,(H,22,24)/t18-/m1/s1. The van der Waals surface area contributed by atoms with Crippen molar-refractivity contribution in [3.05, 3.63) is 64.6 Å². The zero-order valence-electron chi connectivity index (χ0n) is 15.7. The van der Waals surface area contributed by atoms with E-state index in [1.165, 1.54) is 0 Å². The highest BCUT2D eigenvalue weighted by Crippen LogP contribution is 2.28. The van der Waals surface area contributed by atoms with E-state index >= 15 is 0 Å². The maximum Gasteiger partial charge on any atom is 0.241 e. The SMILES string of the molecule is CC(C)C[C@@H](NC(=O)CN(c1ccccc1Br)S(C)(=O)=O)c1ccccc1. The van der Waals surface area contributed by atoms with Crippen molar-refractivity contribution in [3.8, 4) is 0 Å². The van der Waals surface area contributed by atoms with Gasteiger partial charge in [0.2, 0.25) is 15.9 Å². The molecule has 0 aliphatic heterocycles. The zero-order chi connectivity index (χ0) is 20.0. The molecule has 0 unspecified atom stereocenters. The normalized spacial score (nSPS) is 12.6. The molecule has 0 aliphatic carbocycles. The molecule has 1 N–H and O–H groups in total. The van der Waals surface area contributed by atoms with Crippen molar-refractivity contribution in [1.82, 2.24) is 5.32 Å². The summed E-state index contributed by atoms with van der Waals surface area (Å²) in [6.45, 7) is 3.90. The Bertz CT molecular complexity index is 870. The highest BCUT2D eigenvalue weighted by Gasteiger charge is 2.24. The Labute approximate surface area is 170 Å². The monoisotopic (exact) mass is 452 g/mol. The molecule has 1 amide bonds. The number of carbonyl (C=O) groups is 1. The second kappa shape index (κ2) is 9.37. The molecule has 27 heavy (non-hydrogen) atoms. The van der Waals surface area contributed by atoms with Gasteiger partial charge in [0.25, 0.3) is 0 Å². The molecule has 146 valence electrons. The van der Waals surface area contributed by atoms with Gasteiger partial charge < -0.3 is 5.32 Å². The van der Waals surface area contributed by atoms with Gasteiger partial charge in [-0.1, -0.05) is 56.3 Å². The summed E-state index contributed by atoms with van der Waals surface area (Å²) in [5.41, 5.74) is 1.45. The Morgan fingerprint density at radius 2 is 1.67 bits per heavy atom. The van der Waals surface area contributed by atoms with Crippen LogP contribution in [0.15, 0.2) is 59.1 Å². The molecule has 0 fully saturated rings. The van der Waals surface area contributed by atoms with Crippen LogP contribution in [0.3, 0.4) is 0 Å². The third-order valence-electron chi connectivity index (χ3n) is 4.05. The van der Waals surface area contributed by atoms with Gasteiger partial charge in [0, 0.05) is 4.47 Å². The molecule has 2 aromatic rings. The Kier molecular flexibility index (Phi) is 7.44. The van der Waals surface area contributed by atoms with Crippen molar-refractivity contribution >= 4 is 37.5 Å². The van der Waals surface area contributed by atoms with Gasteiger partial charge in [-0.3, -0.25) is 9.10 Å². The summed E-state index contributed by atoms with van der Waals surface area (Å²) in [5.74, 6) is 0.0375. The van der Waals surface area contributed by atoms with Gasteiger partial charge in [-0.15, -0.1) is 0 Å². The summed E-state index contributed by atoms with van der Waals surface area (Å²) in [4.78, 5) is 12.7. The number of anilines is 1. The van der Waals surface area contributed by atoms with Crippen molar-refractivity contribution in [3.63, 3.8) is 0 Å². The number of carbonyl (C=O) groups excluding carboxylic acids is 1. The second-order valence-corrected chi connectivity index (χ2v) is 9.64. The fourth-order valence-corrected chi connectivity index (χ4v) is 4.33. The predicted molar refractivity (Wildman–Crippen MR) is 113 cm³/mol. The number of nitrogens with one attached hydrogen (secondary N) is 1. The van der Waals surface area contributed by atoms with E-state index in [9.17, 15) is 13.2 Å². The number of sulfonamides is 1. The van der Waals surface area contributed by atoms with Crippen LogP contribution >= 0.6 is 15.9 Å². The van der Waals surface area contributed by atoms with E-state index in [4.69, 9.17) is 0 Å². The summed E-state index contributed by atoms with van der Waals surface area (Å²) in [7, 11) is -3.62. The molecular formula is C20H25BrN2O3S. The first-order chi connectivity index (χ1) is 12.7. The van der Waals surface area contributed by atoms with E-state index in [-0.39, 0.29) is 18.5 Å². The van der Waals surface area contributed by atoms with Crippen LogP contribution in [0.1, 0.15) is 31.9 Å². The minimum Gasteiger partial charge on any atom is -0.348 e. The first-order valence-electron chi connectivity index (χ1n) is 8.75. The van der Waals surface area contributed by atoms with Gasteiger partial charge in [0.05, 0.1) is 18.0 Å². The third kappa shape index (κ3) is 6.36. The summed E-state index contributed by atoms with van der Waals surface area (Å²) >= 11 is 3.36. The molecule has 0 saturated carbocycles. The van der Waals surface area contributed by atoms with Crippen LogP contribution in [-0.4, -0.2) is 27.1 Å². The van der Waals surface area contributed by atoms with Crippen molar-refractivity contribution < 1.29 is 13.2 Å². The van der Waals surface area contributed by atoms with Gasteiger partial charge in [-0.2, -0.15) is 0 Å². The maximum absolute atomic E-state index is 12.7. The number of amides is 1. The molecule has 0 heterocycles. The molecule has 7 heteroatoms. The molecule has 0 saturated heterocycles. The Morgan fingerprint density at radius 1 is 1.07 bits per heavy atom. The van der Waals surface area contributed by atoms with Crippen LogP contribution < -0.4 is 9.62 Å². The molecule has 2 rings (SSSR count). The quantitative estimate of drug-likeness (QED) is 0.654. The smallest absolute Gasteiger partial charge is 0.241 e. The molecule has 0 aromatic heterocycles. The largest absolute Gasteiger partial charge is 0.348 e. The minimum atomic E-state index is -3.62. The molecule has 0 bridgehead atoms. The molecule has 0 aliphatic rings. The molecule has 0 radical (unpaired) electrons. The second-order valence-electron chi connectivity index (χ2n) is 6.88. The lowest BCUT2D eigenvalue weighted by molar-refractivity contribution is -0.120. The van der Waals surface area contributed by atoms with Crippen LogP contribution in [0.4, 0.5) is 5.69 Å². The van der Waals surface area contributed by atoms with Gasteiger partial charge >= 0.3 is 0 Å². The molecule has 5 nitrogen and oxygen atoms in total. The van der Waals surface area contributed by atoms with Crippen molar-refractivity contribution in [1.29, 1.82) is 0 Å². The number of hydrogen-bond acceptors (Lipinski definition) is 3. The number of para-hydroxylation sites is 1. The first kappa shape index (κ1) is 21.4. The number of rotatable bonds is 8. The summed E-state index contributed by atoms with van der Waals surface area (Å²) in [6, 6.07) is 16.5. The number of hydrogen-bond donors (Lipinski definition) is 1. The number of nitrogens with zero attached hydrogens (tertiary/aromatic N) is 1. The lowest BCUT2D eigenvalue weighted by Gasteiger charge is -2.26. The lowest BCUT2D eigenvalue weighted by atomic mass is 9.97. The minimum absolute atomic E-state index is 0.167. The van der Waals surface area contributed by atoms with Crippen LogP contribution in [0, 0.1) is 5.92 Å². The van der Waals surface area contributed by atoms with Crippen molar-refractivity contribution in [2.45, 2.75) is 26.3 Å². The average Bonchev–Trinajstić information content (AvgIpc) is 2.59. The highest BCUT2D eigenvalue weighted by atomic mass is 79.9. The van der Waals surface area contributed by atoms with Crippen molar-refractivity contribution in [2.24, 2.45) is 5.92 Å². The fraction of sp³-hybridized carbons (Fsp3) is 0.350. The molecule has 1 atom stereocenters. The maximum atomic E-state index is 12.7. The summed E-state index contributed by atoms with van der Waals surface area (Å²) in [6.07, 6.45) is 1.87. The first-order valence-corrected chi connectivity index (χ1v) is 11.4. The van der Waals surface area contributed by atoms with Crippen LogP contribution in [0.25, 0.3) is 0 Å². The summed E-state index contributed by atoms with van der Waals surface area (Å²) < 4.78 is 26.3. The van der Waals surface area contributed by atoms with E-state index in [2.05, 4.69) is 35.1 Å². The van der Waals surface area contributed by atoms with Gasteiger partial charge in [-0.05, 0) is 46.0 Å². The third-order valence-corrected chi connectivity index (χ3v) is 5.85. The Morgan fingerprint density at radius 3 is 2.22 bits per heavy atom. The van der Waals surface area contributed by atoms with Gasteiger partial charge in [-0.25, -0.2) is 8.42 Å². The van der Waals surface area contributed by atoms with Crippen molar-refractivity contribution in [2.75, 3.05) is 17.1 Å². The van der Waals surface area contributed by atoms with E-state index in [1.54, 1.807) is 24.3 Å². The predicted octanol–water partition coefficient (Wildman–Crippen LogP) is 4.12. The highest BCUT2D eigenvalue weighted by molar-refractivity contribution is 9.10. The summed E-state index contributed by atoms with van der Waals surface area (Å²) in [5, 5.41) is 3.00. The number of halogens is 1. The Hall–Kier alpha value is -1.86. The molecule has 2 aromatic carbocycles. The Balaban J connectivity index is 2.22. The van der Waals surface area contributed by atoms with Crippen LogP contribution in [-0.2, 0) is 14.8 Å². The van der Waals surface area contributed by atoms with Gasteiger partial charge in [0.1, 0.15) is 6.54 Å². The lowest BCUT2D eigenvalue weighted by Crippen LogP contribution is -2.42. The topological polar surface area (TPSA) is 66.5 Å². The van der Waals surface area contributed by atoms with Crippen LogP contribution in [0.2, 0.25) is 0 Å². The molecule has 0 spiro atoms. The zero-order valence-corrected chi connectivity index (χ0v) is 18.1.